The Labute approximate surface area is 171 Å². The van der Waals surface area contributed by atoms with Crippen LogP contribution < -0.4 is 4.74 Å². The fourth-order valence-corrected chi connectivity index (χ4v) is 4.21. The topological polar surface area (TPSA) is 49.8 Å². The van der Waals surface area contributed by atoms with Crippen molar-refractivity contribution in [3.63, 3.8) is 0 Å². The molecule has 1 saturated heterocycles. The van der Waals surface area contributed by atoms with Crippen molar-refractivity contribution < 1.29 is 14.6 Å². The van der Waals surface area contributed by atoms with E-state index < -0.39 is 12.0 Å². The lowest BCUT2D eigenvalue weighted by atomic mass is 9.94. The van der Waals surface area contributed by atoms with Crippen LogP contribution in [0.2, 0.25) is 0 Å². The van der Waals surface area contributed by atoms with Crippen molar-refractivity contribution in [2.45, 2.75) is 24.9 Å². The van der Waals surface area contributed by atoms with Gasteiger partial charge in [0.25, 0.3) is 0 Å². The van der Waals surface area contributed by atoms with Crippen LogP contribution in [0.5, 0.6) is 5.75 Å². The molecule has 0 amide bonds. The van der Waals surface area contributed by atoms with Crippen molar-refractivity contribution in [3.8, 4) is 16.9 Å². The molecule has 0 aromatic heterocycles. The highest BCUT2D eigenvalue weighted by molar-refractivity contribution is 5.74. The second-order valence-corrected chi connectivity index (χ2v) is 7.40. The minimum atomic E-state index is -0.748. The minimum absolute atomic E-state index is 0.102. The molecule has 1 heterocycles. The van der Waals surface area contributed by atoms with Gasteiger partial charge in [-0.1, -0.05) is 66.7 Å². The van der Waals surface area contributed by atoms with Crippen LogP contribution in [0.3, 0.4) is 0 Å². The zero-order valence-electron chi connectivity index (χ0n) is 16.5. The van der Waals surface area contributed by atoms with E-state index in [1.54, 1.807) is 7.11 Å². The smallest absolute Gasteiger partial charge is 0.320 e. The number of likely N-dealkylation sites (tertiary alicyclic amines) is 1. The van der Waals surface area contributed by atoms with E-state index >= 15 is 0 Å². The maximum atomic E-state index is 11.9. The monoisotopic (exact) mass is 387 g/mol. The average molecular weight is 387 g/mol. The van der Waals surface area contributed by atoms with E-state index in [1.807, 2.05) is 42.5 Å². The number of aliphatic carboxylic acids is 1. The summed E-state index contributed by atoms with van der Waals surface area (Å²) in [7, 11) is 1.65. The number of nitrogens with zero attached hydrogens (tertiary/aromatic N) is 1. The van der Waals surface area contributed by atoms with Gasteiger partial charge in [0.15, 0.2) is 0 Å². The molecule has 3 aromatic carbocycles. The summed E-state index contributed by atoms with van der Waals surface area (Å²) in [6.07, 6.45) is 1.58. The summed E-state index contributed by atoms with van der Waals surface area (Å²) in [5.74, 6) is 0.0463. The molecule has 2 unspecified atom stereocenters. The molecule has 1 N–H and O–H groups in total. The molecular weight excluding hydrogens is 362 g/mol. The Bertz CT molecular complexity index is 952. The van der Waals surface area contributed by atoms with Gasteiger partial charge in [0.05, 0.1) is 13.2 Å². The summed E-state index contributed by atoms with van der Waals surface area (Å²) in [6, 6.07) is 26.1. The number of ether oxygens (including phenoxy) is 1. The van der Waals surface area contributed by atoms with Crippen molar-refractivity contribution in [1.82, 2.24) is 4.90 Å². The van der Waals surface area contributed by atoms with Crippen LogP contribution in [0, 0.1) is 0 Å². The van der Waals surface area contributed by atoms with E-state index in [2.05, 4.69) is 41.3 Å². The number of hydrogen-bond acceptors (Lipinski definition) is 3. The molecule has 0 bridgehead atoms. The molecule has 2 atom stereocenters. The van der Waals surface area contributed by atoms with Crippen molar-refractivity contribution in [1.29, 1.82) is 0 Å². The highest BCUT2D eigenvalue weighted by Crippen LogP contribution is 2.36. The predicted molar refractivity (Wildman–Crippen MR) is 114 cm³/mol. The van der Waals surface area contributed by atoms with Gasteiger partial charge in [-0.25, -0.2) is 0 Å². The maximum absolute atomic E-state index is 11.9. The molecule has 4 rings (SSSR count). The van der Waals surface area contributed by atoms with E-state index in [1.165, 1.54) is 5.56 Å². The SMILES string of the molecule is COc1ccc(C(c2ccc(-c3ccccc3)cc2)N2CCCC2C(=O)O)cc1. The Morgan fingerprint density at radius 2 is 1.52 bits per heavy atom. The molecule has 1 aliphatic rings. The van der Waals surface area contributed by atoms with Crippen LogP contribution in [0.1, 0.15) is 30.0 Å². The molecule has 0 radical (unpaired) electrons. The van der Waals surface area contributed by atoms with E-state index in [-0.39, 0.29) is 6.04 Å². The highest BCUT2D eigenvalue weighted by atomic mass is 16.5. The summed E-state index contributed by atoms with van der Waals surface area (Å²) in [6.45, 7) is 0.772. The summed E-state index contributed by atoms with van der Waals surface area (Å²) in [5.41, 5.74) is 4.50. The molecule has 0 aliphatic carbocycles. The first kappa shape index (κ1) is 19.2. The van der Waals surface area contributed by atoms with Crippen LogP contribution in [-0.2, 0) is 4.79 Å². The molecule has 0 spiro atoms. The lowest BCUT2D eigenvalue weighted by molar-refractivity contribution is -0.142. The third-order valence-corrected chi connectivity index (χ3v) is 5.68. The molecule has 4 nitrogen and oxygen atoms in total. The standard InChI is InChI=1S/C25H25NO3/c1-29-22-15-13-21(14-16-22)24(26-17-5-8-23(26)25(27)28)20-11-9-19(10-12-20)18-6-3-2-4-7-18/h2-4,6-7,9-16,23-24H,5,8,17H2,1H3,(H,27,28). The summed E-state index contributed by atoms with van der Waals surface area (Å²) >= 11 is 0. The first-order valence-corrected chi connectivity index (χ1v) is 9.95. The van der Waals surface area contributed by atoms with E-state index in [4.69, 9.17) is 4.74 Å². The summed E-state index contributed by atoms with van der Waals surface area (Å²) in [4.78, 5) is 14.0. The number of carboxylic acid groups (broad SMARTS) is 1. The fraction of sp³-hybridized carbons (Fsp3) is 0.240. The average Bonchev–Trinajstić information content (AvgIpc) is 3.25. The van der Waals surface area contributed by atoms with Crippen LogP contribution in [0.15, 0.2) is 78.9 Å². The van der Waals surface area contributed by atoms with Gasteiger partial charge in [0, 0.05) is 6.54 Å². The number of benzene rings is 3. The predicted octanol–water partition coefficient (Wildman–Crippen LogP) is 5.00. The molecule has 1 fully saturated rings. The largest absolute Gasteiger partial charge is 0.497 e. The molecule has 1 aliphatic heterocycles. The normalized spacial score (nSPS) is 17.8. The second-order valence-electron chi connectivity index (χ2n) is 7.40. The summed E-state index contributed by atoms with van der Waals surface area (Å²) < 4.78 is 5.30. The first-order chi connectivity index (χ1) is 14.2. The summed E-state index contributed by atoms with van der Waals surface area (Å²) in [5, 5.41) is 9.74. The third kappa shape index (κ3) is 4.03. The number of hydrogen-bond donors (Lipinski definition) is 1. The molecule has 0 saturated carbocycles. The quantitative estimate of drug-likeness (QED) is 0.647. The van der Waals surface area contributed by atoms with Gasteiger partial charge in [-0.2, -0.15) is 0 Å². The van der Waals surface area contributed by atoms with Crippen LogP contribution >= 0.6 is 0 Å². The van der Waals surface area contributed by atoms with Gasteiger partial charge in [-0.05, 0) is 47.2 Å². The Balaban J connectivity index is 1.72. The number of carbonyl (C=O) groups is 1. The number of rotatable bonds is 6. The van der Waals surface area contributed by atoms with Gasteiger partial charge in [-0.3, -0.25) is 9.69 Å². The van der Waals surface area contributed by atoms with Gasteiger partial charge >= 0.3 is 5.97 Å². The minimum Gasteiger partial charge on any atom is -0.497 e. The molecule has 29 heavy (non-hydrogen) atoms. The third-order valence-electron chi connectivity index (χ3n) is 5.68. The van der Waals surface area contributed by atoms with Crippen molar-refractivity contribution in [2.75, 3.05) is 13.7 Å². The molecule has 3 aromatic rings. The van der Waals surface area contributed by atoms with Crippen molar-refractivity contribution >= 4 is 5.97 Å². The first-order valence-electron chi connectivity index (χ1n) is 9.95. The zero-order chi connectivity index (χ0) is 20.2. The Kier molecular flexibility index (Phi) is 5.63. The van der Waals surface area contributed by atoms with E-state index in [9.17, 15) is 9.90 Å². The van der Waals surface area contributed by atoms with E-state index in [0.717, 1.165) is 35.4 Å². The Morgan fingerprint density at radius 1 is 0.931 bits per heavy atom. The van der Waals surface area contributed by atoms with Crippen LogP contribution in [0.4, 0.5) is 0 Å². The number of methoxy groups -OCH3 is 1. The van der Waals surface area contributed by atoms with Gasteiger partial charge in [0.1, 0.15) is 11.8 Å². The van der Waals surface area contributed by atoms with Gasteiger partial charge < -0.3 is 9.84 Å². The zero-order valence-corrected chi connectivity index (χ0v) is 16.5. The molecular formula is C25H25NO3. The Hall–Kier alpha value is -3.11. The molecule has 4 heteroatoms. The highest BCUT2D eigenvalue weighted by Gasteiger charge is 2.36. The lowest BCUT2D eigenvalue weighted by Gasteiger charge is -2.32. The Morgan fingerprint density at radius 3 is 2.10 bits per heavy atom. The second kappa shape index (κ2) is 8.50. The van der Waals surface area contributed by atoms with Gasteiger partial charge in [0.2, 0.25) is 0 Å². The lowest BCUT2D eigenvalue weighted by Crippen LogP contribution is -2.39. The van der Waals surface area contributed by atoms with Gasteiger partial charge in [-0.15, -0.1) is 0 Å². The van der Waals surface area contributed by atoms with Crippen molar-refractivity contribution in [3.05, 3.63) is 90.0 Å². The van der Waals surface area contributed by atoms with E-state index in [0.29, 0.717) is 6.42 Å². The molecule has 148 valence electrons. The number of carboxylic acids is 1. The van der Waals surface area contributed by atoms with Crippen LogP contribution in [-0.4, -0.2) is 35.7 Å². The van der Waals surface area contributed by atoms with Crippen LogP contribution in [0.25, 0.3) is 11.1 Å². The maximum Gasteiger partial charge on any atom is 0.320 e. The van der Waals surface area contributed by atoms with Crippen molar-refractivity contribution in [2.24, 2.45) is 0 Å². The fourth-order valence-electron chi connectivity index (χ4n) is 4.21.